The molecular weight excluding hydrogens is 266 g/mol. The van der Waals surface area contributed by atoms with Crippen molar-refractivity contribution < 1.29 is 14.3 Å². The van der Waals surface area contributed by atoms with E-state index in [1.165, 1.54) is 5.56 Å². The largest absolute Gasteiger partial charge is 0.444 e. The Kier molecular flexibility index (Phi) is 4.08. The van der Waals surface area contributed by atoms with E-state index < -0.39 is 11.7 Å². The van der Waals surface area contributed by atoms with Crippen molar-refractivity contribution in [3.8, 4) is 0 Å². The molecule has 1 atom stereocenters. The molecule has 0 fully saturated rings. The van der Waals surface area contributed by atoms with Crippen LogP contribution in [0, 0.1) is 6.92 Å². The number of carbonyl (C=O) groups is 2. The van der Waals surface area contributed by atoms with Crippen LogP contribution in [0.4, 0.5) is 4.79 Å². The first-order valence-corrected chi connectivity index (χ1v) is 7.32. The molecule has 1 aliphatic carbocycles. The van der Waals surface area contributed by atoms with E-state index in [1.807, 2.05) is 39.8 Å². The molecule has 0 aromatic heterocycles. The van der Waals surface area contributed by atoms with Crippen LogP contribution < -0.4 is 5.32 Å². The van der Waals surface area contributed by atoms with Crippen LogP contribution >= 0.6 is 0 Å². The van der Waals surface area contributed by atoms with Crippen molar-refractivity contribution in [1.29, 1.82) is 0 Å². The van der Waals surface area contributed by atoms with E-state index in [2.05, 4.69) is 5.32 Å². The third-order valence-corrected chi connectivity index (χ3v) is 3.76. The molecule has 0 spiro atoms. The predicted octanol–water partition coefficient (Wildman–Crippen LogP) is 3.71. The highest BCUT2D eigenvalue weighted by Gasteiger charge is 2.28. The molecule has 2 rings (SSSR count). The zero-order valence-electron chi connectivity index (χ0n) is 13.4. The van der Waals surface area contributed by atoms with Crippen LogP contribution in [0.5, 0.6) is 0 Å². The van der Waals surface area contributed by atoms with E-state index in [1.54, 1.807) is 6.92 Å². The van der Waals surface area contributed by atoms with Gasteiger partial charge in [-0.3, -0.25) is 4.79 Å². The van der Waals surface area contributed by atoms with Crippen LogP contribution in [-0.2, 0) is 11.2 Å². The van der Waals surface area contributed by atoms with Gasteiger partial charge in [-0.05, 0) is 64.2 Å². The highest BCUT2D eigenvalue weighted by atomic mass is 16.6. The maximum absolute atomic E-state index is 11.9. The lowest BCUT2D eigenvalue weighted by atomic mass is 9.96. The second kappa shape index (κ2) is 5.51. The highest BCUT2D eigenvalue weighted by Crippen LogP contribution is 2.34. The average molecular weight is 289 g/mol. The molecular formula is C17H23NO3. The van der Waals surface area contributed by atoms with Gasteiger partial charge in [-0.1, -0.05) is 12.1 Å². The fourth-order valence-electron chi connectivity index (χ4n) is 2.86. The number of alkyl carbamates (subject to hydrolysis) is 1. The molecule has 1 aliphatic rings. The number of nitrogens with one attached hydrogen (secondary N) is 1. The van der Waals surface area contributed by atoms with E-state index >= 15 is 0 Å². The number of fused-ring (bicyclic) bond motifs is 1. The van der Waals surface area contributed by atoms with Crippen LogP contribution in [0.15, 0.2) is 12.1 Å². The Morgan fingerprint density at radius 2 is 1.95 bits per heavy atom. The van der Waals surface area contributed by atoms with Gasteiger partial charge in [0.2, 0.25) is 0 Å². The van der Waals surface area contributed by atoms with Crippen molar-refractivity contribution in [3.63, 3.8) is 0 Å². The van der Waals surface area contributed by atoms with Gasteiger partial charge in [0.1, 0.15) is 5.60 Å². The average Bonchev–Trinajstić information content (AvgIpc) is 2.70. The summed E-state index contributed by atoms with van der Waals surface area (Å²) >= 11 is 0. The summed E-state index contributed by atoms with van der Waals surface area (Å²) in [5.41, 5.74) is 3.59. The second-order valence-electron chi connectivity index (χ2n) is 6.60. The van der Waals surface area contributed by atoms with E-state index in [0.29, 0.717) is 0 Å². The van der Waals surface area contributed by atoms with Crippen LogP contribution in [0.25, 0.3) is 0 Å². The minimum absolute atomic E-state index is 0.0328. The normalized spacial score (nSPS) is 17.3. The Balaban J connectivity index is 2.18. The van der Waals surface area contributed by atoms with Gasteiger partial charge in [0.25, 0.3) is 0 Å². The zero-order chi connectivity index (χ0) is 15.8. The molecule has 1 aromatic rings. The van der Waals surface area contributed by atoms with Crippen molar-refractivity contribution in [2.75, 3.05) is 0 Å². The van der Waals surface area contributed by atoms with Crippen LogP contribution in [0.2, 0.25) is 0 Å². The summed E-state index contributed by atoms with van der Waals surface area (Å²) < 4.78 is 5.30. The third kappa shape index (κ3) is 3.43. The molecule has 0 unspecified atom stereocenters. The fraction of sp³-hybridized carbons (Fsp3) is 0.529. The van der Waals surface area contributed by atoms with Gasteiger partial charge in [0.15, 0.2) is 5.78 Å². The van der Waals surface area contributed by atoms with Gasteiger partial charge in [0, 0.05) is 5.56 Å². The predicted molar refractivity (Wildman–Crippen MR) is 81.6 cm³/mol. The van der Waals surface area contributed by atoms with E-state index in [-0.39, 0.29) is 11.8 Å². The van der Waals surface area contributed by atoms with Gasteiger partial charge in [-0.25, -0.2) is 4.79 Å². The molecule has 0 aliphatic heterocycles. The number of rotatable bonds is 2. The number of ether oxygens (including phenoxy) is 1. The summed E-state index contributed by atoms with van der Waals surface area (Å²) in [4.78, 5) is 23.5. The quantitative estimate of drug-likeness (QED) is 0.844. The number of carbonyl (C=O) groups excluding carboxylic acids is 2. The van der Waals surface area contributed by atoms with Gasteiger partial charge in [0.05, 0.1) is 6.04 Å². The maximum atomic E-state index is 11.9. The maximum Gasteiger partial charge on any atom is 0.408 e. The van der Waals surface area contributed by atoms with Crippen molar-refractivity contribution in [2.45, 2.75) is 59.1 Å². The Morgan fingerprint density at radius 3 is 2.52 bits per heavy atom. The molecule has 1 amide bonds. The molecule has 0 heterocycles. The smallest absolute Gasteiger partial charge is 0.408 e. The Hall–Kier alpha value is -1.84. The number of hydrogen-bond donors (Lipinski definition) is 1. The lowest BCUT2D eigenvalue weighted by Crippen LogP contribution is -2.34. The zero-order valence-corrected chi connectivity index (χ0v) is 13.4. The summed E-state index contributed by atoms with van der Waals surface area (Å²) in [5.74, 6) is 0.0823. The number of Topliss-reactive ketones (excluding diaryl/α,β-unsaturated/α-hetero) is 1. The number of hydrogen-bond acceptors (Lipinski definition) is 3. The first kappa shape index (κ1) is 15.5. The monoisotopic (exact) mass is 289 g/mol. The van der Waals surface area contributed by atoms with Gasteiger partial charge in [-0.2, -0.15) is 0 Å². The van der Waals surface area contributed by atoms with E-state index in [9.17, 15) is 9.59 Å². The molecule has 0 radical (unpaired) electrons. The summed E-state index contributed by atoms with van der Waals surface area (Å²) in [5, 5.41) is 2.92. The first-order valence-electron chi connectivity index (χ1n) is 7.32. The molecule has 114 valence electrons. The van der Waals surface area contributed by atoms with E-state index in [0.717, 1.165) is 29.5 Å². The highest BCUT2D eigenvalue weighted by molar-refractivity contribution is 5.96. The Morgan fingerprint density at radius 1 is 1.29 bits per heavy atom. The van der Waals surface area contributed by atoms with Crippen molar-refractivity contribution in [1.82, 2.24) is 5.32 Å². The first-order chi connectivity index (χ1) is 9.69. The molecule has 1 N–H and O–H groups in total. The Labute approximate surface area is 125 Å². The number of amides is 1. The Bertz CT molecular complexity index is 584. The van der Waals surface area contributed by atoms with Crippen LogP contribution in [0.1, 0.15) is 67.2 Å². The van der Waals surface area contributed by atoms with Crippen molar-refractivity contribution in [2.24, 2.45) is 0 Å². The van der Waals surface area contributed by atoms with Crippen LogP contribution in [-0.4, -0.2) is 17.5 Å². The molecule has 0 bridgehead atoms. The minimum atomic E-state index is -0.500. The van der Waals surface area contributed by atoms with Crippen molar-refractivity contribution >= 4 is 11.9 Å². The molecule has 4 nitrogen and oxygen atoms in total. The lowest BCUT2D eigenvalue weighted by molar-refractivity contribution is 0.0503. The molecule has 4 heteroatoms. The second-order valence-corrected chi connectivity index (χ2v) is 6.60. The van der Waals surface area contributed by atoms with E-state index in [4.69, 9.17) is 4.74 Å². The topological polar surface area (TPSA) is 55.4 Å². The number of benzene rings is 1. The molecule has 21 heavy (non-hydrogen) atoms. The SMILES string of the molecule is CC(=O)c1ccc2c(c1C)CC[C@@H]2NC(=O)OC(C)(C)C. The van der Waals surface area contributed by atoms with Crippen LogP contribution in [0.3, 0.4) is 0 Å². The van der Waals surface area contributed by atoms with Gasteiger partial charge in [-0.15, -0.1) is 0 Å². The standard InChI is InChI=1S/C17H23NO3/c1-10-12(11(2)19)6-7-14-13(10)8-9-15(14)18-16(20)21-17(3,4)5/h6-7,15H,8-9H2,1-5H3,(H,18,20)/t15-/m0/s1. The summed E-state index contributed by atoms with van der Waals surface area (Å²) in [6, 6.07) is 3.77. The molecule has 0 saturated carbocycles. The molecule has 0 saturated heterocycles. The summed E-state index contributed by atoms with van der Waals surface area (Å²) in [6.07, 6.45) is 1.33. The fourth-order valence-corrected chi connectivity index (χ4v) is 2.86. The minimum Gasteiger partial charge on any atom is -0.444 e. The van der Waals surface area contributed by atoms with Gasteiger partial charge >= 0.3 is 6.09 Å². The third-order valence-electron chi connectivity index (χ3n) is 3.76. The number of ketones is 1. The lowest BCUT2D eigenvalue weighted by Gasteiger charge is -2.22. The molecule has 1 aromatic carbocycles. The van der Waals surface area contributed by atoms with Gasteiger partial charge < -0.3 is 10.1 Å². The van der Waals surface area contributed by atoms with Crippen molar-refractivity contribution in [3.05, 3.63) is 34.4 Å². The summed E-state index contributed by atoms with van der Waals surface area (Å²) in [7, 11) is 0. The summed E-state index contributed by atoms with van der Waals surface area (Å²) in [6.45, 7) is 9.10.